The quantitative estimate of drug-likeness (QED) is 0.314. The minimum Gasteiger partial charge on any atom is -0.480 e. The second kappa shape index (κ2) is 9.98. The van der Waals surface area contributed by atoms with Crippen LogP contribution in [-0.2, 0) is 16.1 Å². The fourth-order valence-electron chi connectivity index (χ4n) is 3.53. The van der Waals surface area contributed by atoms with Crippen molar-refractivity contribution in [1.29, 1.82) is 0 Å². The van der Waals surface area contributed by atoms with E-state index < -0.39 is 53.7 Å². The van der Waals surface area contributed by atoms with E-state index in [1.807, 2.05) is 0 Å². The van der Waals surface area contributed by atoms with Gasteiger partial charge in [-0.05, 0) is 61.1 Å². The van der Waals surface area contributed by atoms with E-state index in [-0.39, 0.29) is 31.5 Å². The maximum absolute atomic E-state index is 14.8. The number of imide groups is 1. The Morgan fingerprint density at radius 2 is 1.78 bits per heavy atom. The fourth-order valence-corrected chi connectivity index (χ4v) is 3.53. The lowest BCUT2D eigenvalue weighted by Crippen LogP contribution is -2.49. The highest BCUT2D eigenvalue weighted by Gasteiger charge is 2.39. The molecular formula is C21H21BF2N2O6. The van der Waals surface area contributed by atoms with Gasteiger partial charge in [0, 0.05) is 0 Å². The van der Waals surface area contributed by atoms with Crippen molar-refractivity contribution in [3.05, 3.63) is 64.7 Å². The molecule has 32 heavy (non-hydrogen) atoms. The predicted octanol–water partition coefficient (Wildman–Crippen LogP) is 1.05. The normalized spacial score (nSPS) is 13.6. The molecule has 2 amide bonds. The molecule has 168 valence electrons. The maximum Gasteiger partial charge on any atom is 0.491 e. The number of carboxylic acids is 1. The van der Waals surface area contributed by atoms with E-state index in [1.165, 1.54) is 12.1 Å². The van der Waals surface area contributed by atoms with Crippen LogP contribution in [0.2, 0.25) is 0 Å². The number of aliphatic carboxylic acids is 1. The van der Waals surface area contributed by atoms with Gasteiger partial charge in [0.2, 0.25) is 0 Å². The minimum absolute atomic E-state index is 0.100. The summed E-state index contributed by atoms with van der Waals surface area (Å²) in [5.74, 6) is -5.96. The molecule has 0 saturated carbocycles. The minimum atomic E-state index is -1.67. The number of carbonyl (C=O) groups excluding carboxylic acids is 2. The van der Waals surface area contributed by atoms with Crippen LogP contribution in [0.1, 0.15) is 45.5 Å². The van der Waals surface area contributed by atoms with Gasteiger partial charge in [-0.3, -0.25) is 14.5 Å². The molecule has 1 atom stereocenters. The molecule has 0 spiro atoms. The van der Waals surface area contributed by atoms with Gasteiger partial charge in [0.1, 0.15) is 17.7 Å². The first-order chi connectivity index (χ1) is 15.3. The molecule has 4 N–H and O–H groups in total. The van der Waals surface area contributed by atoms with Gasteiger partial charge >= 0.3 is 13.1 Å². The van der Waals surface area contributed by atoms with Gasteiger partial charge in [-0.15, -0.1) is 0 Å². The summed E-state index contributed by atoms with van der Waals surface area (Å²) in [6, 6.07) is 5.13. The van der Waals surface area contributed by atoms with Crippen LogP contribution in [-0.4, -0.2) is 52.5 Å². The summed E-state index contributed by atoms with van der Waals surface area (Å²) in [6.07, 6.45) is 0.559. The summed E-state index contributed by atoms with van der Waals surface area (Å²) in [5, 5.41) is 19.5. The molecule has 11 heteroatoms. The first-order valence-corrected chi connectivity index (χ1v) is 9.93. The van der Waals surface area contributed by atoms with Crippen molar-refractivity contribution in [3.63, 3.8) is 0 Å². The number of halogens is 2. The molecule has 0 aromatic heterocycles. The average molecular weight is 446 g/mol. The van der Waals surface area contributed by atoms with Crippen molar-refractivity contribution in [2.24, 2.45) is 5.73 Å². The summed E-state index contributed by atoms with van der Waals surface area (Å²) >= 11 is 0. The van der Waals surface area contributed by atoms with Gasteiger partial charge in [0.15, 0.2) is 0 Å². The largest absolute Gasteiger partial charge is 0.491 e. The molecule has 0 saturated heterocycles. The van der Waals surface area contributed by atoms with Crippen LogP contribution < -0.4 is 11.2 Å². The Balaban J connectivity index is 2.07. The average Bonchev–Trinajstić information content (AvgIpc) is 3.11. The van der Waals surface area contributed by atoms with Crippen molar-refractivity contribution in [2.45, 2.75) is 31.9 Å². The summed E-state index contributed by atoms with van der Waals surface area (Å²) < 4.78 is 34.1. The highest BCUT2D eigenvalue weighted by atomic mass is 19.1. The second-order valence-electron chi connectivity index (χ2n) is 7.29. The highest BCUT2D eigenvalue weighted by Crippen LogP contribution is 2.23. The number of unbranched alkanes of at least 4 members (excludes halogenated alkanes) is 1. The van der Waals surface area contributed by atoms with Crippen LogP contribution in [0.3, 0.4) is 0 Å². The van der Waals surface area contributed by atoms with Gasteiger partial charge in [0.05, 0.1) is 17.7 Å². The van der Waals surface area contributed by atoms with Crippen molar-refractivity contribution in [1.82, 2.24) is 4.90 Å². The zero-order valence-corrected chi connectivity index (χ0v) is 17.0. The summed E-state index contributed by atoms with van der Waals surface area (Å²) in [7, 11) is -1.36. The van der Waals surface area contributed by atoms with E-state index in [0.717, 1.165) is 24.3 Å². The lowest BCUT2D eigenvalue weighted by Gasteiger charge is -2.28. The molecule has 0 unspecified atom stereocenters. The van der Waals surface area contributed by atoms with Crippen LogP contribution >= 0.6 is 0 Å². The summed E-state index contributed by atoms with van der Waals surface area (Å²) in [6.45, 7) is 0.167. The summed E-state index contributed by atoms with van der Waals surface area (Å²) in [5.41, 5.74) is 4.78. The number of rotatable bonds is 8. The molecule has 0 radical (unpaired) electrons. The van der Waals surface area contributed by atoms with Crippen molar-refractivity contribution in [3.8, 4) is 0 Å². The Bertz CT molecular complexity index is 1050. The third-order valence-electron chi connectivity index (χ3n) is 5.19. The number of nitrogens with zero attached hydrogens (tertiary/aromatic N) is 1. The van der Waals surface area contributed by atoms with Gasteiger partial charge < -0.3 is 20.5 Å². The molecule has 1 heterocycles. The Morgan fingerprint density at radius 1 is 1.09 bits per heavy atom. The number of amides is 2. The Kier molecular flexibility index (Phi) is 7.34. The molecule has 8 nitrogen and oxygen atoms in total. The standard InChI is InChI=1S/C21H21BF2N2O6/c23-16-6-2-1-5-13(16)19(27)26(18(21(29)30)7-3-4-8-25)20(28)14-9-12-11-32-22(31)15(12)10-17(14)24/h1-2,5-6,9-10,18,31H,3-4,7-8,11,25H2,(H,29,30)/t18-/m0/s1. The number of benzene rings is 2. The fraction of sp³-hybridized carbons (Fsp3) is 0.286. The third kappa shape index (κ3) is 4.69. The van der Waals surface area contributed by atoms with Crippen molar-refractivity contribution >= 4 is 30.4 Å². The van der Waals surface area contributed by atoms with E-state index in [0.29, 0.717) is 16.9 Å². The topological polar surface area (TPSA) is 130 Å². The molecule has 1 aliphatic rings. The van der Waals surface area contributed by atoms with Gasteiger partial charge in [0.25, 0.3) is 11.8 Å². The van der Waals surface area contributed by atoms with E-state index in [2.05, 4.69) is 0 Å². The number of fused-ring (bicyclic) bond motifs is 1. The molecule has 0 bridgehead atoms. The molecule has 0 aliphatic carbocycles. The molecule has 1 aliphatic heterocycles. The zero-order chi connectivity index (χ0) is 23.4. The summed E-state index contributed by atoms with van der Waals surface area (Å²) in [4.78, 5) is 38.8. The van der Waals surface area contributed by atoms with Gasteiger partial charge in [-0.2, -0.15) is 0 Å². The van der Waals surface area contributed by atoms with E-state index in [1.54, 1.807) is 0 Å². The first-order valence-electron chi connectivity index (χ1n) is 9.93. The SMILES string of the molecule is NCCCC[C@@H](C(=O)O)N(C(=O)c1ccccc1F)C(=O)c1cc2c(cc1F)B(O)OC2. The highest BCUT2D eigenvalue weighted by molar-refractivity contribution is 6.61. The van der Waals surface area contributed by atoms with Crippen LogP contribution in [0.25, 0.3) is 0 Å². The Hall–Kier alpha value is -3.15. The van der Waals surface area contributed by atoms with Gasteiger partial charge in [-0.1, -0.05) is 12.1 Å². The second-order valence-corrected chi connectivity index (χ2v) is 7.29. The van der Waals surface area contributed by atoms with Crippen molar-refractivity contribution in [2.75, 3.05) is 6.54 Å². The zero-order valence-electron chi connectivity index (χ0n) is 17.0. The van der Waals surface area contributed by atoms with Crippen molar-refractivity contribution < 1.29 is 37.9 Å². The predicted molar refractivity (Wildman–Crippen MR) is 110 cm³/mol. The molecule has 2 aromatic carbocycles. The van der Waals surface area contributed by atoms with E-state index in [4.69, 9.17) is 10.4 Å². The first kappa shape index (κ1) is 23.5. The lowest BCUT2D eigenvalue weighted by molar-refractivity contribution is -0.141. The van der Waals surface area contributed by atoms with Crippen LogP contribution in [0.15, 0.2) is 36.4 Å². The number of hydrogen-bond acceptors (Lipinski definition) is 6. The number of nitrogens with two attached hydrogens (primary N) is 1. The maximum atomic E-state index is 14.8. The van der Waals surface area contributed by atoms with Gasteiger partial charge in [-0.25, -0.2) is 13.6 Å². The monoisotopic (exact) mass is 446 g/mol. The number of carboxylic acid groups (broad SMARTS) is 1. The van der Waals surface area contributed by atoms with E-state index >= 15 is 0 Å². The van der Waals surface area contributed by atoms with Crippen LogP contribution in [0.5, 0.6) is 0 Å². The Labute approximate surface area is 182 Å². The third-order valence-corrected chi connectivity index (χ3v) is 5.19. The lowest BCUT2D eigenvalue weighted by atomic mass is 9.79. The Morgan fingerprint density at radius 3 is 2.44 bits per heavy atom. The smallest absolute Gasteiger partial charge is 0.480 e. The number of carbonyl (C=O) groups is 3. The molecule has 3 rings (SSSR count). The van der Waals surface area contributed by atoms with Crippen LogP contribution in [0, 0.1) is 11.6 Å². The van der Waals surface area contributed by atoms with E-state index in [9.17, 15) is 33.3 Å². The van der Waals surface area contributed by atoms with Crippen LogP contribution in [0.4, 0.5) is 8.78 Å². The molecular weight excluding hydrogens is 425 g/mol. The molecule has 0 fully saturated rings. The molecule has 2 aromatic rings. The number of hydrogen-bond donors (Lipinski definition) is 3.